The van der Waals surface area contributed by atoms with Gasteiger partial charge in [-0.2, -0.15) is 5.10 Å². The Hall–Kier alpha value is -2.28. The van der Waals surface area contributed by atoms with Crippen molar-refractivity contribution in [2.24, 2.45) is 0 Å². The van der Waals surface area contributed by atoms with Gasteiger partial charge in [0, 0.05) is 43.3 Å². The summed E-state index contributed by atoms with van der Waals surface area (Å²) in [4.78, 5) is 22.9. The summed E-state index contributed by atoms with van der Waals surface area (Å²) < 4.78 is 1.53. The molecule has 3 heterocycles. The summed E-state index contributed by atoms with van der Waals surface area (Å²) >= 11 is 0. The van der Waals surface area contributed by atoms with E-state index in [1.165, 1.54) is 17.5 Å². The van der Waals surface area contributed by atoms with Crippen LogP contribution in [0.2, 0.25) is 0 Å². The molecular formula is C17H24N6O. The monoisotopic (exact) mass is 328 g/mol. The molecule has 1 saturated heterocycles. The second kappa shape index (κ2) is 8.01. The molecule has 0 bridgehead atoms. The number of aryl methyl sites for hydroxylation is 1. The molecule has 1 aliphatic rings. The molecule has 2 aromatic rings. The van der Waals surface area contributed by atoms with Crippen molar-refractivity contribution in [1.82, 2.24) is 24.6 Å². The summed E-state index contributed by atoms with van der Waals surface area (Å²) in [5, 5.41) is 7.48. The van der Waals surface area contributed by atoms with E-state index in [2.05, 4.69) is 25.3 Å². The lowest BCUT2D eigenvalue weighted by Gasteiger charge is -2.35. The molecule has 3 rings (SSSR count). The lowest BCUT2D eigenvalue weighted by molar-refractivity contribution is 0.148. The highest BCUT2D eigenvalue weighted by Gasteiger charge is 2.22. The summed E-state index contributed by atoms with van der Waals surface area (Å²) in [6, 6.07) is 5.55. The number of anilines is 1. The first-order valence-electron chi connectivity index (χ1n) is 8.52. The number of aromatic nitrogens is 4. The van der Waals surface area contributed by atoms with Crippen LogP contribution in [-0.2, 0) is 6.54 Å². The number of piperidine rings is 1. The highest BCUT2D eigenvalue weighted by atomic mass is 16.1. The minimum Gasteiger partial charge on any atom is -0.353 e. The van der Waals surface area contributed by atoms with Gasteiger partial charge in [-0.15, -0.1) is 0 Å². The van der Waals surface area contributed by atoms with Gasteiger partial charge >= 0.3 is 0 Å². The average Bonchev–Trinajstić information content (AvgIpc) is 2.60. The smallest absolute Gasteiger partial charge is 0.266 e. The van der Waals surface area contributed by atoms with Crippen LogP contribution in [0.5, 0.6) is 0 Å². The predicted molar refractivity (Wildman–Crippen MR) is 93.0 cm³/mol. The van der Waals surface area contributed by atoms with E-state index in [-0.39, 0.29) is 5.56 Å². The van der Waals surface area contributed by atoms with Crippen molar-refractivity contribution >= 4 is 5.95 Å². The molecular weight excluding hydrogens is 304 g/mol. The molecule has 0 amide bonds. The molecule has 1 fully saturated rings. The molecule has 24 heavy (non-hydrogen) atoms. The fourth-order valence-corrected chi connectivity index (χ4v) is 3.11. The Morgan fingerprint density at radius 2 is 2.17 bits per heavy atom. The van der Waals surface area contributed by atoms with E-state index in [0.717, 1.165) is 31.7 Å². The standard InChI is InChI=1S/C17H24N6O/c1-14-7-9-18-17(21-14)19-13-15-5-2-3-10-22(15)11-12-23-16(24)6-4-8-20-23/h4,6-9,15H,2-3,5,10-13H2,1H3,(H,18,19,21). The van der Waals surface area contributed by atoms with Crippen LogP contribution in [0, 0.1) is 6.92 Å². The van der Waals surface area contributed by atoms with Crippen molar-refractivity contribution in [2.75, 3.05) is 25.0 Å². The zero-order valence-electron chi connectivity index (χ0n) is 14.1. The fraction of sp³-hybridized carbons (Fsp3) is 0.529. The van der Waals surface area contributed by atoms with E-state index in [1.54, 1.807) is 24.5 Å². The quantitative estimate of drug-likeness (QED) is 0.862. The van der Waals surface area contributed by atoms with Crippen LogP contribution in [0.15, 0.2) is 35.4 Å². The van der Waals surface area contributed by atoms with E-state index in [9.17, 15) is 4.79 Å². The molecule has 0 radical (unpaired) electrons. The van der Waals surface area contributed by atoms with Gasteiger partial charge in [-0.25, -0.2) is 14.6 Å². The molecule has 0 spiro atoms. The van der Waals surface area contributed by atoms with Crippen LogP contribution in [-0.4, -0.2) is 50.3 Å². The van der Waals surface area contributed by atoms with Gasteiger partial charge in [0.05, 0.1) is 6.54 Å². The van der Waals surface area contributed by atoms with Crippen molar-refractivity contribution in [1.29, 1.82) is 0 Å². The minimum absolute atomic E-state index is 0.0441. The lowest BCUT2D eigenvalue weighted by atomic mass is 10.0. The fourth-order valence-electron chi connectivity index (χ4n) is 3.11. The van der Waals surface area contributed by atoms with Crippen LogP contribution in [0.1, 0.15) is 25.0 Å². The predicted octanol–water partition coefficient (Wildman–Crippen LogP) is 1.31. The Balaban J connectivity index is 1.57. The van der Waals surface area contributed by atoms with Gasteiger partial charge < -0.3 is 5.32 Å². The molecule has 7 heteroatoms. The minimum atomic E-state index is -0.0441. The third-order valence-electron chi connectivity index (χ3n) is 4.42. The van der Waals surface area contributed by atoms with Crippen molar-refractivity contribution in [3.63, 3.8) is 0 Å². The van der Waals surface area contributed by atoms with Gasteiger partial charge in [0.25, 0.3) is 5.56 Å². The number of nitrogens with one attached hydrogen (secondary N) is 1. The van der Waals surface area contributed by atoms with Gasteiger partial charge in [0.15, 0.2) is 0 Å². The largest absolute Gasteiger partial charge is 0.353 e. The maximum absolute atomic E-state index is 11.8. The second-order valence-corrected chi connectivity index (χ2v) is 6.17. The number of likely N-dealkylation sites (tertiary alicyclic amines) is 1. The molecule has 2 aromatic heterocycles. The van der Waals surface area contributed by atoms with Crippen LogP contribution in [0.4, 0.5) is 5.95 Å². The maximum Gasteiger partial charge on any atom is 0.266 e. The lowest BCUT2D eigenvalue weighted by Crippen LogP contribution is -2.45. The molecule has 0 aromatic carbocycles. The number of rotatable bonds is 6. The van der Waals surface area contributed by atoms with Crippen LogP contribution in [0.3, 0.4) is 0 Å². The van der Waals surface area contributed by atoms with Gasteiger partial charge in [-0.05, 0) is 38.4 Å². The van der Waals surface area contributed by atoms with Gasteiger partial charge in [0.1, 0.15) is 0 Å². The molecule has 128 valence electrons. The third-order valence-corrected chi connectivity index (χ3v) is 4.42. The Morgan fingerprint density at radius 3 is 3.00 bits per heavy atom. The molecule has 1 N–H and O–H groups in total. The van der Waals surface area contributed by atoms with Gasteiger partial charge in [0.2, 0.25) is 5.95 Å². The van der Waals surface area contributed by atoms with Crippen LogP contribution in [0.25, 0.3) is 0 Å². The number of nitrogens with zero attached hydrogens (tertiary/aromatic N) is 5. The van der Waals surface area contributed by atoms with E-state index in [0.29, 0.717) is 18.5 Å². The van der Waals surface area contributed by atoms with Crippen molar-refractivity contribution < 1.29 is 0 Å². The molecule has 1 aliphatic heterocycles. The van der Waals surface area contributed by atoms with Crippen molar-refractivity contribution in [3.8, 4) is 0 Å². The first kappa shape index (κ1) is 16.6. The van der Waals surface area contributed by atoms with Gasteiger partial charge in [-0.3, -0.25) is 9.69 Å². The average molecular weight is 328 g/mol. The Morgan fingerprint density at radius 1 is 1.25 bits per heavy atom. The number of hydrogen-bond donors (Lipinski definition) is 1. The molecule has 7 nitrogen and oxygen atoms in total. The summed E-state index contributed by atoms with van der Waals surface area (Å²) in [7, 11) is 0. The number of hydrogen-bond acceptors (Lipinski definition) is 6. The van der Waals surface area contributed by atoms with E-state index >= 15 is 0 Å². The van der Waals surface area contributed by atoms with Crippen LogP contribution >= 0.6 is 0 Å². The van der Waals surface area contributed by atoms with E-state index < -0.39 is 0 Å². The molecule has 0 aliphatic carbocycles. The summed E-state index contributed by atoms with van der Waals surface area (Å²) in [6.07, 6.45) is 7.02. The molecule has 1 atom stereocenters. The Kier molecular flexibility index (Phi) is 5.53. The zero-order chi connectivity index (χ0) is 16.8. The molecule has 0 saturated carbocycles. The third kappa shape index (κ3) is 4.38. The second-order valence-electron chi connectivity index (χ2n) is 6.17. The summed E-state index contributed by atoms with van der Waals surface area (Å²) in [6.45, 7) is 5.29. The molecule has 1 unspecified atom stereocenters. The zero-order valence-corrected chi connectivity index (χ0v) is 14.1. The van der Waals surface area contributed by atoms with Crippen LogP contribution < -0.4 is 10.9 Å². The Labute approximate surface area is 141 Å². The maximum atomic E-state index is 11.8. The first-order chi connectivity index (χ1) is 11.7. The van der Waals surface area contributed by atoms with Crippen molar-refractivity contribution in [3.05, 3.63) is 46.6 Å². The topological polar surface area (TPSA) is 75.9 Å². The first-order valence-corrected chi connectivity index (χ1v) is 8.52. The normalized spacial score (nSPS) is 18.5. The SMILES string of the molecule is Cc1ccnc(NCC2CCCCN2CCn2ncccc2=O)n1. The van der Waals surface area contributed by atoms with Gasteiger partial charge in [-0.1, -0.05) is 6.42 Å². The van der Waals surface area contributed by atoms with Crippen molar-refractivity contribution in [2.45, 2.75) is 38.8 Å². The highest BCUT2D eigenvalue weighted by Crippen LogP contribution is 2.17. The Bertz CT molecular complexity index is 716. The van der Waals surface area contributed by atoms with E-state index in [1.807, 2.05) is 13.0 Å². The van der Waals surface area contributed by atoms with E-state index in [4.69, 9.17) is 0 Å². The highest BCUT2D eigenvalue weighted by molar-refractivity contribution is 5.25. The summed E-state index contributed by atoms with van der Waals surface area (Å²) in [5.41, 5.74) is 0.917. The summed E-state index contributed by atoms with van der Waals surface area (Å²) in [5.74, 6) is 0.682.